The van der Waals surface area contributed by atoms with E-state index in [0.29, 0.717) is 37.4 Å². The van der Waals surface area contributed by atoms with Crippen molar-refractivity contribution < 1.29 is 19.4 Å². The van der Waals surface area contributed by atoms with Crippen LogP contribution in [0.25, 0.3) is 10.2 Å². The largest absolute Gasteiger partial charge is 0.493 e. The Balaban J connectivity index is 1.79. The molecule has 3 aromatic rings. The minimum Gasteiger partial charge on any atom is -0.493 e. The minimum atomic E-state index is -0.708. The summed E-state index contributed by atoms with van der Waals surface area (Å²) in [5.41, 5.74) is 1.96. The molecule has 1 N–H and O–H groups in total. The first-order valence-electron chi connectivity index (χ1n) is 9.65. The number of piperidine rings is 1. The first-order valence-corrected chi connectivity index (χ1v) is 10.5. The molecular formula is C22H24N2O4S. The number of fused-ring (bicyclic) bond motifs is 1. The SMILES string of the molecule is COc1cccc(C(c2nc3ccccc3s2)N2CCC(C(=O)O)CC2)c1OC. The van der Waals surface area contributed by atoms with Gasteiger partial charge in [-0.25, -0.2) is 4.98 Å². The van der Waals surface area contributed by atoms with Crippen LogP contribution in [-0.2, 0) is 4.79 Å². The number of methoxy groups -OCH3 is 2. The first-order chi connectivity index (χ1) is 14.1. The van der Waals surface area contributed by atoms with Gasteiger partial charge < -0.3 is 14.6 Å². The van der Waals surface area contributed by atoms with Gasteiger partial charge in [0.25, 0.3) is 0 Å². The number of carboxylic acids is 1. The summed E-state index contributed by atoms with van der Waals surface area (Å²) >= 11 is 1.67. The summed E-state index contributed by atoms with van der Waals surface area (Å²) in [4.78, 5) is 18.6. The number of aliphatic carboxylic acids is 1. The molecule has 1 saturated heterocycles. The van der Waals surface area contributed by atoms with Crippen LogP contribution in [0, 0.1) is 5.92 Å². The van der Waals surface area contributed by atoms with E-state index < -0.39 is 5.97 Å². The summed E-state index contributed by atoms with van der Waals surface area (Å²) in [6.07, 6.45) is 1.26. The van der Waals surface area contributed by atoms with E-state index in [4.69, 9.17) is 14.5 Å². The van der Waals surface area contributed by atoms with Crippen molar-refractivity contribution in [2.75, 3.05) is 27.3 Å². The van der Waals surface area contributed by atoms with Crippen LogP contribution in [-0.4, -0.2) is 48.3 Å². The summed E-state index contributed by atoms with van der Waals surface area (Å²) in [7, 11) is 3.28. The molecule has 1 aliphatic rings. The van der Waals surface area contributed by atoms with Crippen molar-refractivity contribution in [1.29, 1.82) is 0 Å². The van der Waals surface area contributed by atoms with Gasteiger partial charge in [-0.1, -0.05) is 24.3 Å². The highest BCUT2D eigenvalue weighted by Crippen LogP contribution is 2.43. The molecule has 0 radical (unpaired) electrons. The maximum atomic E-state index is 11.4. The fraction of sp³-hybridized carbons (Fsp3) is 0.364. The van der Waals surface area contributed by atoms with Crippen LogP contribution in [0.4, 0.5) is 0 Å². The molecule has 0 spiro atoms. The molecule has 7 heteroatoms. The molecule has 2 aromatic carbocycles. The number of thiazole rings is 1. The predicted octanol–water partition coefficient (Wildman–Crippen LogP) is 4.20. The third-order valence-corrected chi connectivity index (χ3v) is 6.61. The summed E-state index contributed by atoms with van der Waals surface area (Å²) in [6, 6.07) is 13.9. The van der Waals surface area contributed by atoms with E-state index in [2.05, 4.69) is 11.0 Å². The standard InChI is InChI=1S/C22H24N2O4S/c1-27-17-8-5-6-15(20(17)28-2)19(24-12-10-14(11-13-24)22(25)26)21-23-16-7-3-4-9-18(16)29-21/h3-9,14,19H,10-13H2,1-2H3,(H,25,26). The second kappa shape index (κ2) is 8.39. The van der Waals surface area contributed by atoms with Crippen molar-refractivity contribution in [3.05, 3.63) is 53.0 Å². The van der Waals surface area contributed by atoms with Crippen molar-refractivity contribution in [3.63, 3.8) is 0 Å². The van der Waals surface area contributed by atoms with E-state index >= 15 is 0 Å². The van der Waals surface area contributed by atoms with Crippen LogP contribution >= 0.6 is 11.3 Å². The maximum Gasteiger partial charge on any atom is 0.306 e. The fourth-order valence-corrected chi connectivity index (χ4v) is 5.15. The topological polar surface area (TPSA) is 71.9 Å². The Labute approximate surface area is 173 Å². The van der Waals surface area contributed by atoms with Crippen molar-refractivity contribution in [1.82, 2.24) is 9.88 Å². The Morgan fingerprint density at radius 3 is 2.55 bits per heavy atom. The molecule has 1 aliphatic heterocycles. The van der Waals surface area contributed by atoms with Gasteiger partial charge in [0.05, 0.1) is 36.4 Å². The lowest BCUT2D eigenvalue weighted by atomic mass is 9.94. The Morgan fingerprint density at radius 1 is 1.14 bits per heavy atom. The molecule has 1 fully saturated rings. The average molecular weight is 413 g/mol. The predicted molar refractivity (Wildman–Crippen MR) is 113 cm³/mol. The number of aromatic nitrogens is 1. The molecule has 0 amide bonds. The highest BCUT2D eigenvalue weighted by Gasteiger charge is 2.34. The van der Waals surface area contributed by atoms with Gasteiger partial charge in [-0.3, -0.25) is 9.69 Å². The van der Waals surface area contributed by atoms with E-state index in [9.17, 15) is 9.90 Å². The summed E-state index contributed by atoms with van der Waals surface area (Å²) in [5, 5.41) is 10.4. The maximum absolute atomic E-state index is 11.4. The van der Waals surface area contributed by atoms with Gasteiger partial charge in [0.1, 0.15) is 5.01 Å². The Kier molecular flexibility index (Phi) is 5.69. The van der Waals surface area contributed by atoms with Gasteiger partial charge in [-0.05, 0) is 44.1 Å². The number of nitrogens with zero attached hydrogens (tertiary/aromatic N) is 2. The lowest BCUT2D eigenvalue weighted by Crippen LogP contribution is -2.39. The lowest BCUT2D eigenvalue weighted by Gasteiger charge is -2.36. The van der Waals surface area contributed by atoms with Gasteiger partial charge in [0.15, 0.2) is 11.5 Å². The number of ether oxygens (including phenoxy) is 2. The van der Waals surface area contributed by atoms with Gasteiger partial charge in [-0.2, -0.15) is 0 Å². The molecule has 6 nitrogen and oxygen atoms in total. The number of likely N-dealkylation sites (tertiary alicyclic amines) is 1. The molecule has 1 unspecified atom stereocenters. The molecule has 1 aromatic heterocycles. The number of hydrogen-bond donors (Lipinski definition) is 1. The van der Waals surface area contributed by atoms with Gasteiger partial charge in [0, 0.05) is 5.56 Å². The Morgan fingerprint density at radius 2 is 1.90 bits per heavy atom. The van der Waals surface area contributed by atoms with Crippen molar-refractivity contribution in [2.24, 2.45) is 5.92 Å². The van der Waals surface area contributed by atoms with Crippen LogP contribution in [0.1, 0.15) is 29.5 Å². The smallest absolute Gasteiger partial charge is 0.306 e. The van der Waals surface area contributed by atoms with Gasteiger partial charge >= 0.3 is 5.97 Å². The third-order valence-electron chi connectivity index (χ3n) is 5.52. The first kappa shape index (κ1) is 19.7. The monoisotopic (exact) mass is 412 g/mol. The normalized spacial score (nSPS) is 16.6. The lowest BCUT2D eigenvalue weighted by molar-refractivity contribution is -0.143. The number of rotatable bonds is 6. The van der Waals surface area contributed by atoms with Crippen LogP contribution in [0.5, 0.6) is 11.5 Å². The zero-order chi connectivity index (χ0) is 20.4. The highest BCUT2D eigenvalue weighted by molar-refractivity contribution is 7.18. The zero-order valence-corrected chi connectivity index (χ0v) is 17.3. The molecule has 0 saturated carbocycles. The van der Waals surface area contributed by atoms with E-state index in [1.165, 1.54) is 0 Å². The summed E-state index contributed by atoms with van der Waals surface area (Å²) < 4.78 is 12.4. The van der Waals surface area contributed by atoms with Crippen LogP contribution in [0.15, 0.2) is 42.5 Å². The third kappa shape index (κ3) is 3.80. The Hall–Kier alpha value is -2.64. The summed E-state index contributed by atoms with van der Waals surface area (Å²) in [6.45, 7) is 1.38. The van der Waals surface area contributed by atoms with E-state index in [1.807, 2.05) is 36.4 Å². The van der Waals surface area contributed by atoms with Gasteiger partial charge in [-0.15, -0.1) is 11.3 Å². The molecule has 2 heterocycles. The molecule has 29 heavy (non-hydrogen) atoms. The highest BCUT2D eigenvalue weighted by atomic mass is 32.1. The molecule has 152 valence electrons. The molecule has 0 bridgehead atoms. The second-order valence-electron chi connectivity index (χ2n) is 7.15. The molecule has 1 atom stereocenters. The van der Waals surface area contributed by atoms with Crippen LogP contribution in [0.3, 0.4) is 0 Å². The summed E-state index contributed by atoms with van der Waals surface area (Å²) in [5.74, 6) is 0.380. The molecular weight excluding hydrogens is 388 g/mol. The quantitative estimate of drug-likeness (QED) is 0.654. The zero-order valence-electron chi connectivity index (χ0n) is 16.5. The van der Waals surface area contributed by atoms with E-state index in [0.717, 1.165) is 20.8 Å². The van der Waals surface area contributed by atoms with Crippen molar-refractivity contribution in [2.45, 2.75) is 18.9 Å². The number of benzene rings is 2. The number of para-hydroxylation sites is 2. The second-order valence-corrected chi connectivity index (χ2v) is 8.22. The van der Waals surface area contributed by atoms with E-state index in [-0.39, 0.29) is 12.0 Å². The van der Waals surface area contributed by atoms with Crippen molar-refractivity contribution in [3.8, 4) is 11.5 Å². The Bertz CT molecular complexity index is 978. The minimum absolute atomic E-state index is 0.118. The molecule has 4 rings (SSSR count). The van der Waals surface area contributed by atoms with E-state index in [1.54, 1.807) is 25.6 Å². The fourth-order valence-electron chi connectivity index (χ4n) is 4.02. The van der Waals surface area contributed by atoms with Crippen molar-refractivity contribution >= 4 is 27.5 Å². The number of carboxylic acid groups (broad SMARTS) is 1. The number of hydrogen-bond acceptors (Lipinski definition) is 6. The number of carbonyl (C=O) groups is 1. The molecule has 0 aliphatic carbocycles. The van der Waals surface area contributed by atoms with Crippen LogP contribution < -0.4 is 9.47 Å². The van der Waals surface area contributed by atoms with Gasteiger partial charge in [0.2, 0.25) is 0 Å². The average Bonchev–Trinajstić information content (AvgIpc) is 3.17. The van der Waals surface area contributed by atoms with Crippen LogP contribution in [0.2, 0.25) is 0 Å².